The van der Waals surface area contributed by atoms with E-state index in [0.717, 1.165) is 22.1 Å². The van der Waals surface area contributed by atoms with Gasteiger partial charge in [0, 0.05) is 30.9 Å². The lowest BCUT2D eigenvalue weighted by atomic mass is 9.84. The van der Waals surface area contributed by atoms with E-state index in [0.29, 0.717) is 0 Å². The highest BCUT2D eigenvalue weighted by Crippen LogP contribution is 2.47. The van der Waals surface area contributed by atoms with Gasteiger partial charge >= 0.3 is 0 Å². The second kappa shape index (κ2) is 11.4. The Morgan fingerprint density at radius 3 is 1.59 bits per heavy atom. The molecule has 1 nitrogen and oxygen atoms in total. The van der Waals surface area contributed by atoms with E-state index in [4.69, 9.17) is 4.42 Å². The highest BCUT2D eigenvalue weighted by atomic mass is 32.1. The highest BCUT2D eigenvalue weighted by molar-refractivity contribution is 7.27. The van der Waals surface area contributed by atoms with Crippen molar-refractivity contribution in [3.05, 3.63) is 182 Å². The third-order valence-electron chi connectivity index (χ3n) is 11.5. The van der Waals surface area contributed by atoms with Gasteiger partial charge in [-0.3, -0.25) is 0 Å². The fourth-order valence-corrected chi connectivity index (χ4v) is 10.4. The molecule has 0 N–H and O–H groups in total. The summed E-state index contributed by atoms with van der Waals surface area (Å²) in [6.07, 6.45) is 0. The van der Waals surface area contributed by atoms with Gasteiger partial charge in [-0.15, -0.1) is 11.3 Å². The predicted octanol–water partition coefficient (Wildman–Crippen LogP) is 15.6. The molecule has 0 saturated heterocycles. The minimum Gasteiger partial charge on any atom is -0.456 e. The first-order chi connectivity index (χ1) is 26.8. The molecule has 0 bridgehead atoms. The van der Waals surface area contributed by atoms with Crippen molar-refractivity contribution >= 4 is 96.5 Å². The van der Waals surface area contributed by atoms with Gasteiger partial charge in [-0.2, -0.15) is 0 Å². The molecule has 2 heterocycles. The van der Waals surface area contributed by atoms with Gasteiger partial charge in [0.1, 0.15) is 11.2 Å². The number of furan rings is 1. The number of hydrogen-bond donors (Lipinski definition) is 0. The van der Waals surface area contributed by atoms with Crippen LogP contribution in [0.15, 0.2) is 186 Å². The lowest BCUT2D eigenvalue weighted by molar-refractivity contribution is 0.669. The Labute approximate surface area is 314 Å². The second-order valence-electron chi connectivity index (χ2n) is 14.3. The molecule has 250 valence electrons. The van der Waals surface area contributed by atoms with Gasteiger partial charge in [0.2, 0.25) is 0 Å². The fourth-order valence-electron chi connectivity index (χ4n) is 9.00. The Balaban J connectivity index is 0.995. The van der Waals surface area contributed by atoms with Crippen LogP contribution in [-0.2, 0) is 0 Å². The fraction of sp³-hybridized carbons (Fsp3) is 0. The maximum Gasteiger partial charge on any atom is 0.136 e. The molecule has 0 aliphatic heterocycles. The first-order valence-corrected chi connectivity index (χ1v) is 19.3. The Hall–Kier alpha value is -6.74. The second-order valence-corrected chi connectivity index (χ2v) is 15.4. The maximum atomic E-state index is 6.58. The molecule has 0 unspecified atom stereocenters. The third kappa shape index (κ3) is 4.26. The van der Waals surface area contributed by atoms with Crippen LogP contribution in [0.1, 0.15) is 0 Å². The summed E-state index contributed by atoms with van der Waals surface area (Å²) in [7, 11) is 0. The Kier molecular flexibility index (Phi) is 6.28. The standard InChI is InChI=1S/C52H30OS/c1-3-13-36-32(10-1)12-9-19-38(36)49-41-17-7-5-15-39(41)48(40-16-6-8-18-42(40)49)34-22-20-31(21-23-34)35-25-27-45-47(30-35)53-46-29-28-44-43-26-24-33-11-2-4-14-37(33)51(43)54-52(44)50(45)46/h1-30H. The van der Waals surface area contributed by atoms with E-state index >= 15 is 0 Å². The van der Waals surface area contributed by atoms with E-state index < -0.39 is 0 Å². The first-order valence-electron chi connectivity index (χ1n) is 18.5. The van der Waals surface area contributed by atoms with E-state index in [9.17, 15) is 0 Å². The Morgan fingerprint density at radius 2 is 0.852 bits per heavy atom. The van der Waals surface area contributed by atoms with Gasteiger partial charge in [-0.05, 0) is 101 Å². The number of thiophene rings is 1. The molecule has 0 saturated carbocycles. The van der Waals surface area contributed by atoms with Gasteiger partial charge in [0.05, 0.1) is 0 Å². The van der Waals surface area contributed by atoms with Crippen LogP contribution in [0.4, 0.5) is 0 Å². The van der Waals surface area contributed by atoms with Gasteiger partial charge < -0.3 is 4.42 Å². The molecule has 0 amide bonds. The van der Waals surface area contributed by atoms with Crippen molar-refractivity contribution < 1.29 is 4.42 Å². The van der Waals surface area contributed by atoms with Crippen molar-refractivity contribution in [3.8, 4) is 33.4 Å². The molecule has 0 atom stereocenters. The van der Waals surface area contributed by atoms with Crippen molar-refractivity contribution in [2.45, 2.75) is 0 Å². The molecule has 54 heavy (non-hydrogen) atoms. The number of benzene rings is 10. The lowest BCUT2D eigenvalue weighted by Gasteiger charge is -2.19. The zero-order valence-corrected chi connectivity index (χ0v) is 30.0. The molecule has 12 aromatic rings. The van der Waals surface area contributed by atoms with E-state index in [1.54, 1.807) is 0 Å². The summed E-state index contributed by atoms with van der Waals surface area (Å²) in [6.45, 7) is 0. The highest BCUT2D eigenvalue weighted by Gasteiger charge is 2.19. The third-order valence-corrected chi connectivity index (χ3v) is 12.7. The van der Waals surface area contributed by atoms with E-state index in [-0.39, 0.29) is 0 Å². The van der Waals surface area contributed by atoms with Crippen LogP contribution in [0.25, 0.3) is 119 Å². The van der Waals surface area contributed by atoms with Crippen LogP contribution in [-0.4, -0.2) is 0 Å². The summed E-state index contributed by atoms with van der Waals surface area (Å²) in [6, 6.07) is 66.6. The average Bonchev–Trinajstić information content (AvgIpc) is 3.81. The average molecular weight is 703 g/mol. The number of fused-ring (bicyclic) bond motifs is 12. The topological polar surface area (TPSA) is 13.1 Å². The minimum atomic E-state index is 0.919. The molecule has 0 spiro atoms. The predicted molar refractivity (Wildman–Crippen MR) is 233 cm³/mol. The van der Waals surface area contributed by atoms with E-state index in [2.05, 4.69) is 182 Å². The first kappa shape index (κ1) is 29.8. The molecule has 0 aliphatic rings. The number of rotatable bonds is 3. The van der Waals surface area contributed by atoms with Crippen LogP contribution in [0.3, 0.4) is 0 Å². The molecular formula is C52H30OS. The van der Waals surface area contributed by atoms with Crippen molar-refractivity contribution in [3.63, 3.8) is 0 Å². The van der Waals surface area contributed by atoms with E-state index in [1.165, 1.54) is 96.5 Å². The summed E-state index contributed by atoms with van der Waals surface area (Å²) < 4.78 is 9.21. The molecular weight excluding hydrogens is 673 g/mol. The molecule has 10 aromatic carbocycles. The van der Waals surface area contributed by atoms with Gasteiger partial charge in [-0.25, -0.2) is 0 Å². The van der Waals surface area contributed by atoms with Crippen molar-refractivity contribution in [2.24, 2.45) is 0 Å². The van der Waals surface area contributed by atoms with Crippen molar-refractivity contribution in [1.29, 1.82) is 0 Å². The monoisotopic (exact) mass is 702 g/mol. The van der Waals surface area contributed by atoms with Crippen LogP contribution < -0.4 is 0 Å². The quantitative estimate of drug-likeness (QED) is 0.167. The van der Waals surface area contributed by atoms with Crippen molar-refractivity contribution in [1.82, 2.24) is 0 Å². The molecule has 0 radical (unpaired) electrons. The van der Waals surface area contributed by atoms with Crippen LogP contribution in [0.5, 0.6) is 0 Å². The maximum absolute atomic E-state index is 6.58. The summed E-state index contributed by atoms with van der Waals surface area (Å²) in [4.78, 5) is 0. The molecule has 12 rings (SSSR count). The summed E-state index contributed by atoms with van der Waals surface area (Å²) in [5.41, 5.74) is 9.20. The van der Waals surface area contributed by atoms with Gasteiger partial charge in [0.25, 0.3) is 0 Å². The van der Waals surface area contributed by atoms with Crippen LogP contribution in [0, 0.1) is 0 Å². The minimum absolute atomic E-state index is 0.919. The number of hydrogen-bond acceptors (Lipinski definition) is 2. The smallest absolute Gasteiger partial charge is 0.136 e. The summed E-state index contributed by atoms with van der Waals surface area (Å²) >= 11 is 1.88. The molecule has 2 heteroatoms. The largest absolute Gasteiger partial charge is 0.456 e. The molecule has 0 aliphatic carbocycles. The molecule has 0 fully saturated rings. The Morgan fingerprint density at radius 1 is 0.315 bits per heavy atom. The van der Waals surface area contributed by atoms with E-state index in [1.807, 2.05) is 11.3 Å². The zero-order chi connectivity index (χ0) is 35.3. The molecule has 2 aromatic heterocycles. The van der Waals surface area contributed by atoms with Crippen LogP contribution in [0.2, 0.25) is 0 Å². The summed E-state index contributed by atoms with van der Waals surface area (Å²) in [5, 5.41) is 15.1. The SMILES string of the molecule is c1ccc2c(-c3c4ccccc4c(-c4ccc(-c5ccc6c(c5)oc5ccc7c8ccc9ccccc9c8sc7c56)cc4)c4ccccc34)cccc2c1. The lowest BCUT2D eigenvalue weighted by Crippen LogP contribution is -1.91. The van der Waals surface area contributed by atoms with Crippen molar-refractivity contribution in [2.75, 3.05) is 0 Å². The summed E-state index contributed by atoms with van der Waals surface area (Å²) in [5.74, 6) is 0. The zero-order valence-electron chi connectivity index (χ0n) is 29.1. The van der Waals surface area contributed by atoms with Gasteiger partial charge in [-0.1, -0.05) is 158 Å². The normalized spacial score (nSPS) is 12.1. The van der Waals surface area contributed by atoms with Crippen LogP contribution >= 0.6 is 11.3 Å². The Bertz CT molecular complexity index is 3430. The van der Waals surface area contributed by atoms with Gasteiger partial charge in [0.15, 0.2) is 0 Å².